The minimum absolute atomic E-state index is 0.0350. The van der Waals surface area contributed by atoms with Gasteiger partial charge in [-0.05, 0) is 27.2 Å². The zero-order valence-corrected chi connectivity index (χ0v) is 31.0. The number of fused-ring (bicyclic) bond motifs is 1. The van der Waals surface area contributed by atoms with Crippen LogP contribution in [-0.4, -0.2) is 162 Å². The predicted octanol–water partition coefficient (Wildman–Crippen LogP) is -2.12. The molecule has 6 rings (SSSR count). The Kier molecular flexibility index (Phi) is 13.2. The molecule has 15 unspecified atom stereocenters. The van der Waals surface area contributed by atoms with Crippen LogP contribution in [0.5, 0.6) is 17.2 Å². The maximum absolute atomic E-state index is 14.5. The van der Waals surface area contributed by atoms with Gasteiger partial charge in [0.05, 0.1) is 19.3 Å². The molecule has 0 radical (unpaired) electrons. The van der Waals surface area contributed by atoms with Crippen LogP contribution in [-0.2, 0) is 25.4 Å². The minimum Gasteiger partial charge on any atom is -0.507 e. The monoisotopic (exact) mass is 808 g/mol. The summed E-state index contributed by atoms with van der Waals surface area (Å²) in [6.07, 6.45) is -22.8. The smallest absolute Gasteiger partial charge is 0.239 e. The molecule has 314 valence electrons. The normalized spacial score (nSPS) is 35.8. The van der Waals surface area contributed by atoms with Crippen molar-refractivity contribution in [2.24, 2.45) is 0 Å². The van der Waals surface area contributed by atoms with Crippen molar-refractivity contribution >= 4 is 11.0 Å². The van der Waals surface area contributed by atoms with Gasteiger partial charge in [-0.1, -0.05) is 42.0 Å². The molecule has 19 nitrogen and oxygen atoms in total. The number of aliphatic hydroxyl groups is 10. The molecule has 57 heavy (non-hydrogen) atoms. The second-order valence-corrected chi connectivity index (χ2v) is 14.4. The lowest BCUT2D eigenvalue weighted by Crippen LogP contribution is -2.64. The predicted molar refractivity (Wildman–Crippen MR) is 193 cm³/mol. The number of allylic oxidation sites excluding steroid dienone is 2. The van der Waals surface area contributed by atoms with Crippen LogP contribution in [0.1, 0.15) is 26.3 Å². The summed E-state index contributed by atoms with van der Waals surface area (Å²) >= 11 is 0. The molecule has 3 aliphatic heterocycles. The van der Waals surface area contributed by atoms with E-state index in [1.165, 1.54) is 6.92 Å². The summed E-state index contributed by atoms with van der Waals surface area (Å²) in [4.78, 5) is 14.5. The topological polar surface area (TPSA) is 308 Å². The SMILES string of the molecule is CC(C)=CCc1c(OC2OC(CO)C(O)C(O)C2O)cc(O)c2c(=O)c(OC3OC(C)C(OC4OC(CO)C(O)C(O)C4O)C(O)C3O)c(-c3ccccc3)oc12. The van der Waals surface area contributed by atoms with Gasteiger partial charge in [0.2, 0.25) is 23.8 Å². The number of phenolic OH excluding ortho intramolecular Hbond substituents is 1. The van der Waals surface area contributed by atoms with E-state index in [9.17, 15) is 61.0 Å². The van der Waals surface area contributed by atoms with Gasteiger partial charge in [0, 0.05) is 17.2 Å². The molecular formula is C38H48O19. The van der Waals surface area contributed by atoms with Crippen LogP contribution in [0.15, 0.2) is 57.3 Å². The fourth-order valence-electron chi connectivity index (χ4n) is 6.88. The highest BCUT2D eigenvalue weighted by atomic mass is 16.7. The third-order valence-electron chi connectivity index (χ3n) is 10.2. The van der Waals surface area contributed by atoms with Gasteiger partial charge in [0.15, 0.2) is 12.1 Å². The molecule has 0 saturated carbocycles. The van der Waals surface area contributed by atoms with Gasteiger partial charge in [-0.3, -0.25) is 4.79 Å². The number of aliphatic hydroxyl groups excluding tert-OH is 10. The van der Waals surface area contributed by atoms with Crippen molar-refractivity contribution in [2.45, 2.75) is 119 Å². The maximum Gasteiger partial charge on any atom is 0.239 e. The van der Waals surface area contributed by atoms with E-state index in [1.54, 1.807) is 36.4 Å². The molecule has 1 aromatic heterocycles. The molecule has 3 aromatic rings. The zero-order valence-electron chi connectivity index (χ0n) is 31.0. The summed E-state index contributed by atoms with van der Waals surface area (Å²) in [5.74, 6) is -1.58. The fraction of sp³-hybridized carbons (Fsp3) is 0.553. The first kappa shape index (κ1) is 42.8. The molecule has 3 saturated heterocycles. The van der Waals surface area contributed by atoms with E-state index in [0.29, 0.717) is 5.56 Å². The van der Waals surface area contributed by atoms with E-state index in [0.717, 1.165) is 11.6 Å². The van der Waals surface area contributed by atoms with E-state index in [-0.39, 0.29) is 29.1 Å². The molecule has 4 heterocycles. The van der Waals surface area contributed by atoms with Gasteiger partial charge in [0.1, 0.15) is 89.6 Å². The molecule has 0 aliphatic carbocycles. The molecular weight excluding hydrogens is 760 g/mol. The van der Waals surface area contributed by atoms with Crippen molar-refractivity contribution in [1.82, 2.24) is 0 Å². The van der Waals surface area contributed by atoms with E-state index < -0.39 is 128 Å². The Morgan fingerprint density at radius 1 is 0.737 bits per heavy atom. The van der Waals surface area contributed by atoms with Gasteiger partial charge >= 0.3 is 0 Å². The van der Waals surface area contributed by atoms with Crippen LogP contribution in [0.25, 0.3) is 22.3 Å². The van der Waals surface area contributed by atoms with E-state index in [4.69, 9.17) is 32.8 Å². The molecule has 3 aliphatic rings. The summed E-state index contributed by atoms with van der Waals surface area (Å²) in [5, 5.41) is 115. The first-order valence-electron chi connectivity index (χ1n) is 18.2. The highest BCUT2D eigenvalue weighted by Gasteiger charge is 2.51. The third kappa shape index (κ3) is 8.40. The van der Waals surface area contributed by atoms with Gasteiger partial charge < -0.3 is 89.0 Å². The molecule has 3 fully saturated rings. The van der Waals surface area contributed by atoms with Crippen LogP contribution in [0.2, 0.25) is 0 Å². The van der Waals surface area contributed by atoms with Crippen LogP contribution in [0.4, 0.5) is 0 Å². The van der Waals surface area contributed by atoms with E-state index >= 15 is 0 Å². The summed E-state index contributed by atoms with van der Waals surface area (Å²) < 4.78 is 40.8. The second kappa shape index (κ2) is 17.6. The molecule has 19 heteroatoms. The summed E-state index contributed by atoms with van der Waals surface area (Å²) in [6, 6.07) is 9.20. The van der Waals surface area contributed by atoms with Crippen molar-refractivity contribution in [1.29, 1.82) is 0 Å². The van der Waals surface area contributed by atoms with Crippen molar-refractivity contribution in [2.75, 3.05) is 13.2 Å². The molecule has 0 spiro atoms. The highest BCUT2D eigenvalue weighted by molar-refractivity contribution is 5.91. The van der Waals surface area contributed by atoms with Gasteiger partial charge in [-0.25, -0.2) is 0 Å². The van der Waals surface area contributed by atoms with Crippen molar-refractivity contribution < 1.29 is 89.0 Å². The Hall–Kier alpha value is -3.77. The fourth-order valence-corrected chi connectivity index (χ4v) is 6.88. The number of ether oxygens (including phenoxy) is 6. The minimum atomic E-state index is -1.94. The van der Waals surface area contributed by atoms with Gasteiger partial charge in [-0.2, -0.15) is 0 Å². The molecule has 2 aromatic carbocycles. The average Bonchev–Trinajstić information content (AvgIpc) is 3.19. The lowest BCUT2D eigenvalue weighted by Gasteiger charge is -2.45. The quantitative estimate of drug-likeness (QED) is 0.0923. The van der Waals surface area contributed by atoms with E-state index in [1.807, 2.05) is 13.8 Å². The Bertz CT molecular complexity index is 1930. The lowest BCUT2D eigenvalue weighted by molar-refractivity contribution is -0.348. The average molecular weight is 809 g/mol. The Morgan fingerprint density at radius 2 is 1.30 bits per heavy atom. The molecule has 0 bridgehead atoms. The highest BCUT2D eigenvalue weighted by Crippen LogP contribution is 2.42. The largest absolute Gasteiger partial charge is 0.507 e. The number of hydrogen-bond acceptors (Lipinski definition) is 19. The number of aromatic hydroxyl groups is 1. The van der Waals surface area contributed by atoms with Crippen molar-refractivity contribution in [3.63, 3.8) is 0 Å². The van der Waals surface area contributed by atoms with Crippen LogP contribution < -0.4 is 14.9 Å². The zero-order chi connectivity index (χ0) is 41.5. The summed E-state index contributed by atoms with van der Waals surface area (Å²) in [6.45, 7) is 3.57. The second-order valence-electron chi connectivity index (χ2n) is 14.4. The number of rotatable bonds is 11. The van der Waals surface area contributed by atoms with E-state index in [2.05, 4.69) is 0 Å². The Labute approximate surface area is 324 Å². The van der Waals surface area contributed by atoms with Crippen LogP contribution >= 0.6 is 0 Å². The van der Waals surface area contributed by atoms with Gasteiger partial charge in [-0.15, -0.1) is 0 Å². The Morgan fingerprint density at radius 3 is 1.89 bits per heavy atom. The van der Waals surface area contributed by atoms with Gasteiger partial charge in [0.25, 0.3) is 0 Å². The van der Waals surface area contributed by atoms with Crippen molar-refractivity contribution in [3.05, 3.63) is 63.8 Å². The first-order valence-corrected chi connectivity index (χ1v) is 18.2. The van der Waals surface area contributed by atoms with Crippen LogP contribution in [0, 0.1) is 0 Å². The molecule has 0 amide bonds. The third-order valence-corrected chi connectivity index (χ3v) is 10.2. The first-order chi connectivity index (χ1) is 27.1. The molecule has 11 N–H and O–H groups in total. The number of hydrogen-bond donors (Lipinski definition) is 11. The standard InChI is InChI=1S/C38H48O19/c1-14(2)9-10-17-19(52-37-29(48)26(45)23(42)20(12-39)53-37)11-18(41)22-25(44)35(33(55-34(17)22)16-7-5-4-6-8-16)57-36-31(50)28(47)32(15(3)51-36)56-38-30(49)27(46)24(43)21(13-40)54-38/h4-9,11,15,20-21,23-24,26-32,36-43,45-50H,10,12-13H2,1-3H3. The lowest BCUT2D eigenvalue weighted by atomic mass is 9.97. The molecule has 15 atom stereocenters. The maximum atomic E-state index is 14.5. The summed E-state index contributed by atoms with van der Waals surface area (Å²) in [5.41, 5.74) is 0.179. The van der Waals surface area contributed by atoms with Crippen LogP contribution in [0.3, 0.4) is 0 Å². The number of benzene rings is 2. The Balaban J connectivity index is 1.39. The van der Waals surface area contributed by atoms with Crippen molar-refractivity contribution in [3.8, 4) is 28.6 Å². The number of phenols is 1. The summed E-state index contributed by atoms with van der Waals surface area (Å²) in [7, 11) is 0.